The third-order valence-corrected chi connectivity index (χ3v) is 8.78. The second kappa shape index (κ2) is 5.59. The Labute approximate surface area is 156 Å². The summed E-state index contributed by atoms with van der Waals surface area (Å²) in [4.78, 5) is 24.1. The number of carboxylic acids is 1. The van der Waals surface area contributed by atoms with Crippen LogP contribution in [0.4, 0.5) is 0 Å². The Morgan fingerprint density at radius 3 is 2.62 bits per heavy atom. The van der Waals surface area contributed by atoms with Crippen molar-refractivity contribution in [3.05, 3.63) is 12.2 Å². The summed E-state index contributed by atoms with van der Waals surface area (Å²) in [5, 5.41) is 10.0. The number of carbonyl (C=O) groups excluding carboxylic acids is 1. The largest absolute Gasteiger partial charge is 0.481 e. The summed E-state index contributed by atoms with van der Waals surface area (Å²) in [6.07, 6.45) is 7.74. The van der Waals surface area contributed by atoms with Gasteiger partial charge in [-0.25, -0.2) is 0 Å². The average Bonchev–Trinajstić information content (AvgIpc) is 2.76. The molecule has 0 aromatic carbocycles. The molecule has 0 amide bonds. The molecule has 4 saturated carbocycles. The highest BCUT2D eigenvalue weighted by atomic mass is 16.5. The standard InChI is InChI=1S/C22H32O4/c1-13-11-22-9-6-17-20(3,7-5-8-21(17,4)19(24)25)18(22)16(26-14(2)23)10-15(13)12-22/h15-18H,1,5-12H2,2-4H3,(H,24,25)/t15-,16+,17+,18+,20-,21-,22-/m1/s1. The maximum absolute atomic E-state index is 12.2. The molecule has 0 radical (unpaired) electrons. The maximum atomic E-state index is 12.2. The molecule has 1 N–H and O–H groups in total. The molecule has 4 aliphatic rings. The first-order chi connectivity index (χ1) is 12.1. The number of hydrogen-bond acceptors (Lipinski definition) is 3. The molecule has 144 valence electrons. The number of carboxylic acid groups (broad SMARTS) is 1. The van der Waals surface area contributed by atoms with Gasteiger partial charge in [0, 0.05) is 12.8 Å². The minimum absolute atomic E-state index is 0.0840. The minimum atomic E-state index is -0.665. The van der Waals surface area contributed by atoms with Crippen molar-refractivity contribution in [3.63, 3.8) is 0 Å². The molecule has 0 heterocycles. The third-order valence-electron chi connectivity index (χ3n) is 8.78. The van der Waals surface area contributed by atoms with Gasteiger partial charge in [-0.1, -0.05) is 25.5 Å². The Hall–Kier alpha value is -1.32. The summed E-state index contributed by atoms with van der Waals surface area (Å²) in [7, 11) is 0. The van der Waals surface area contributed by atoms with Crippen LogP contribution < -0.4 is 0 Å². The molecule has 4 heteroatoms. The second-order valence-electron chi connectivity index (χ2n) is 10.1. The highest BCUT2D eigenvalue weighted by molar-refractivity contribution is 5.75. The van der Waals surface area contributed by atoms with E-state index in [4.69, 9.17) is 4.74 Å². The maximum Gasteiger partial charge on any atom is 0.309 e. The molecule has 4 rings (SSSR count). The number of rotatable bonds is 2. The van der Waals surface area contributed by atoms with Crippen molar-refractivity contribution in [3.8, 4) is 0 Å². The van der Waals surface area contributed by atoms with E-state index in [9.17, 15) is 14.7 Å². The molecule has 2 bridgehead atoms. The third kappa shape index (κ3) is 2.26. The zero-order valence-electron chi connectivity index (χ0n) is 16.3. The quantitative estimate of drug-likeness (QED) is 0.578. The first-order valence-corrected chi connectivity index (χ1v) is 10.2. The summed E-state index contributed by atoms with van der Waals surface area (Å²) >= 11 is 0. The lowest BCUT2D eigenvalue weighted by Gasteiger charge is -2.64. The lowest BCUT2D eigenvalue weighted by Crippen LogP contribution is -2.62. The van der Waals surface area contributed by atoms with Crippen molar-refractivity contribution < 1.29 is 19.4 Å². The zero-order valence-corrected chi connectivity index (χ0v) is 16.3. The Morgan fingerprint density at radius 1 is 1.23 bits per heavy atom. The van der Waals surface area contributed by atoms with Gasteiger partial charge in [0.1, 0.15) is 6.10 Å². The monoisotopic (exact) mass is 360 g/mol. The molecule has 4 nitrogen and oxygen atoms in total. The number of fused-ring (bicyclic) bond motifs is 3. The van der Waals surface area contributed by atoms with Gasteiger partial charge >= 0.3 is 11.9 Å². The lowest BCUT2D eigenvalue weighted by molar-refractivity contribution is -0.209. The molecular weight excluding hydrogens is 328 g/mol. The molecular formula is C22H32O4. The summed E-state index contributed by atoms with van der Waals surface area (Å²) < 4.78 is 5.90. The Kier molecular flexibility index (Phi) is 3.88. The lowest BCUT2D eigenvalue weighted by atomic mass is 9.40. The van der Waals surface area contributed by atoms with Crippen molar-refractivity contribution in [2.24, 2.45) is 34.0 Å². The number of esters is 1. The highest BCUT2D eigenvalue weighted by Crippen LogP contribution is 2.72. The highest BCUT2D eigenvalue weighted by Gasteiger charge is 2.68. The number of aliphatic carboxylic acids is 1. The molecule has 0 aromatic heterocycles. The van der Waals surface area contributed by atoms with Crippen molar-refractivity contribution in [2.45, 2.75) is 78.2 Å². The normalized spacial score (nSPS) is 49.9. The van der Waals surface area contributed by atoms with E-state index in [1.807, 2.05) is 6.92 Å². The van der Waals surface area contributed by atoms with Crippen LogP contribution >= 0.6 is 0 Å². The van der Waals surface area contributed by atoms with E-state index >= 15 is 0 Å². The summed E-state index contributed by atoms with van der Waals surface area (Å²) in [5.74, 6) is 0.00944. The predicted octanol–water partition coefficient (Wildman–Crippen LogP) is 4.58. The van der Waals surface area contributed by atoms with E-state index in [2.05, 4.69) is 13.5 Å². The Bertz CT molecular complexity index is 669. The van der Waals surface area contributed by atoms with E-state index in [1.165, 1.54) is 12.5 Å². The molecule has 0 unspecified atom stereocenters. The van der Waals surface area contributed by atoms with E-state index in [-0.39, 0.29) is 34.7 Å². The summed E-state index contributed by atoms with van der Waals surface area (Å²) in [6.45, 7) is 10.1. The summed E-state index contributed by atoms with van der Waals surface area (Å²) in [6, 6.07) is 0. The first kappa shape index (κ1) is 18.1. The van der Waals surface area contributed by atoms with Gasteiger partial charge in [-0.2, -0.15) is 0 Å². The van der Waals surface area contributed by atoms with Crippen LogP contribution in [0.25, 0.3) is 0 Å². The van der Waals surface area contributed by atoms with E-state index in [0.29, 0.717) is 5.92 Å². The van der Waals surface area contributed by atoms with Crippen LogP contribution in [0.2, 0.25) is 0 Å². The zero-order chi connectivity index (χ0) is 18.9. The molecule has 0 aromatic rings. The van der Waals surface area contributed by atoms with Gasteiger partial charge in [0.05, 0.1) is 5.41 Å². The average molecular weight is 360 g/mol. The van der Waals surface area contributed by atoms with Crippen molar-refractivity contribution in [1.82, 2.24) is 0 Å². The number of ether oxygens (including phenoxy) is 1. The van der Waals surface area contributed by atoms with Crippen molar-refractivity contribution in [1.29, 1.82) is 0 Å². The number of carbonyl (C=O) groups is 2. The van der Waals surface area contributed by atoms with Crippen LogP contribution in [0.5, 0.6) is 0 Å². The summed E-state index contributed by atoms with van der Waals surface area (Å²) in [5.41, 5.74) is 0.729. The smallest absolute Gasteiger partial charge is 0.309 e. The van der Waals surface area contributed by atoms with Gasteiger partial charge in [-0.3, -0.25) is 9.59 Å². The fraction of sp³-hybridized carbons (Fsp3) is 0.818. The Morgan fingerprint density at radius 2 is 1.96 bits per heavy atom. The van der Waals surface area contributed by atoms with E-state index in [0.717, 1.165) is 51.4 Å². The number of hydrogen-bond donors (Lipinski definition) is 1. The van der Waals surface area contributed by atoms with Crippen molar-refractivity contribution in [2.75, 3.05) is 0 Å². The Balaban J connectivity index is 1.80. The van der Waals surface area contributed by atoms with Crippen LogP contribution in [0.15, 0.2) is 12.2 Å². The topological polar surface area (TPSA) is 63.6 Å². The van der Waals surface area contributed by atoms with E-state index in [1.54, 1.807) is 0 Å². The van der Waals surface area contributed by atoms with Crippen LogP contribution in [-0.4, -0.2) is 23.1 Å². The van der Waals surface area contributed by atoms with Crippen LogP contribution in [0.3, 0.4) is 0 Å². The second-order valence-corrected chi connectivity index (χ2v) is 10.1. The SMILES string of the molecule is C=C1C[C@@]23CC[C@H]4[C@@](C)(CCC[C@@]4(C)C(=O)O)[C@@H]2[C@@H](OC(C)=O)C[C@@H]1C3. The van der Waals surface area contributed by atoms with Crippen LogP contribution in [0.1, 0.15) is 72.1 Å². The first-order valence-electron chi connectivity index (χ1n) is 10.2. The molecule has 7 atom stereocenters. The molecule has 4 fully saturated rings. The van der Waals surface area contributed by atoms with Crippen molar-refractivity contribution >= 4 is 11.9 Å². The fourth-order valence-corrected chi connectivity index (χ4v) is 8.02. The van der Waals surface area contributed by atoms with E-state index < -0.39 is 11.4 Å². The van der Waals surface area contributed by atoms with Crippen LogP contribution in [0, 0.1) is 34.0 Å². The van der Waals surface area contributed by atoms with Gasteiger partial charge in [0.15, 0.2) is 0 Å². The van der Waals surface area contributed by atoms with Gasteiger partial charge in [0.2, 0.25) is 0 Å². The fourth-order valence-electron chi connectivity index (χ4n) is 8.02. The van der Waals surface area contributed by atoms with Gasteiger partial charge < -0.3 is 9.84 Å². The predicted molar refractivity (Wildman–Crippen MR) is 98.4 cm³/mol. The molecule has 0 saturated heterocycles. The number of allylic oxidation sites excluding steroid dienone is 1. The van der Waals surface area contributed by atoms with Gasteiger partial charge in [-0.15, -0.1) is 0 Å². The molecule has 1 spiro atoms. The molecule has 4 aliphatic carbocycles. The van der Waals surface area contributed by atoms with Crippen LogP contribution in [-0.2, 0) is 14.3 Å². The van der Waals surface area contributed by atoms with Gasteiger partial charge in [0.25, 0.3) is 0 Å². The molecule has 26 heavy (non-hydrogen) atoms. The van der Waals surface area contributed by atoms with Gasteiger partial charge in [-0.05, 0) is 74.5 Å². The molecule has 0 aliphatic heterocycles. The minimum Gasteiger partial charge on any atom is -0.481 e.